The Balaban J connectivity index is 2.08. The third kappa shape index (κ3) is 3.35. The van der Waals surface area contributed by atoms with Crippen LogP contribution in [-0.2, 0) is 6.54 Å². The molecule has 1 N–H and O–H groups in total. The number of ether oxygens (including phenoxy) is 1. The summed E-state index contributed by atoms with van der Waals surface area (Å²) < 4.78 is 5.32. The Kier molecular flexibility index (Phi) is 4.26. The van der Waals surface area contributed by atoms with Crippen molar-refractivity contribution in [2.75, 3.05) is 20.2 Å². The van der Waals surface area contributed by atoms with Crippen LogP contribution in [0.25, 0.3) is 0 Å². The Labute approximate surface area is 107 Å². The first-order valence-corrected chi connectivity index (χ1v) is 6.29. The molecule has 0 aliphatic carbocycles. The maximum atomic E-state index is 9.64. The molecule has 1 aromatic carbocycles. The number of nitrogens with zero attached hydrogens (tertiary/aromatic N) is 1. The van der Waals surface area contributed by atoms with Crippen LogP contribution < -0.4 is 4.74 Å². The zero-order chi connectivity index (χ0) is 12.3. The Bertz CT molecular complexity index is 384. The van der Waals surface area contributed by atoms with Gasteiger partial charge in [0, 0.05) is 23.7 Å². The lowest BCUT2D eigenvalue weighted by Crippen LogP contribution is -2.37. The van der Waals surface area contributed by atoms with E-state index in [2.05, 4.69) is 4.90 Å². The summed E-state index contributed by atoms with van der Waals surface area (Å²) in [7, 11) is 1.66. The van der Waals surface area contributed by atoms with Crippen LogP contribution in [0.5, 0.6) is 5.75 Å². The summed E-state index contributed by atoms with van der Waals surface area (Å²) in [6.45, 7) is 2.53. The van der Waals surface area contributed by atoms with Crippen molar-refractivity contribution < 1.29 is 9.84 Å². The van der Waals surface area contributed by atoms with Gasteiger partial charge in [-0.3, -0.25) is 4.90 Å². The zero-order valence-corrected chi connectivity index (χ0v) is 10.8. The minimum atomic E-state index is -0.200. The zero-order valence-electron chi connectivity index (χ0n) is 10.0. The maximum Gasteiger partial charge on any atom is 0.123 e. The number of rotatable bonds is 3. The lowest BCUT2D eigenvalue weighted by atomic mass is 10.1. The van der Waals surface area contributed by atoms with Crippen molar-refractivity contribution in [1.82, 2.24) is 4.90 Å². The summed E-state index contributed by atoms with van der Waals surface area (Å²) in [6, 6.07) is 5.65. The summed E-state index contributed by atoms with van der Waals surface area (Å²) in [5.74, 6) is 0.856. The van der Waals surface area contributed by atoms with Crippen LogP contribution in [0, 0.1) is 0 Å². The number of hydrogen-bond donors (Lipinski definition) is 1. The van der Waals surface area contributed by atoms with Crippen molar-refractivity contribution in [2.45, 2.75) is 25.5 Å². The number of methoxy groups -OCH3 is 1. The molecule has 1 unspecified atom stereocenters. The number of β-amino-alcohol motifs (C(OH)–C–C–N with tert-alkyl or cyclic N) is 1. The summed E-state index contributed by atoms with van der Waals surface area (Å²) in [4.78, 5) is 2.24. The molecule has 0 bridgehead atoms. The average molecular weight is 256 g/mol. The fourth-order valence-electron chi connectivity index (χ4n) is 2.29. The number of aliphatic hydroxyl groups is 1. The van der Waals surface area contributed by atoms with E-state index in [1.165, 1.54) is 0 Å². The quantitative estimate of drug-likeness (QED) is 0.900. The van der Waals surface area contributed by atoms with Crippen molar-refractivity contribution in [1.29, 1.82) is 0 Å². The Morgan fingerprint density at radius 1 is 1.53 bits per heavy atom. The second-order valence-corrected chi connectivity index (χ2v) is 4.92. The van der Waals surface area contributed by atoms with Gasteiger partial charge in [0.25, 0.3) is 0 Å². The van der Waals surface area contributed by atoms with Gasteiger partial charge < -0.3 is 9.84 Å². The molecule has 1 aliphatic rings. The van der Waals surface area contributed by atoms with Crippen LogP contribution in [0.4, 0.5) is 0 Å². The van der Waals surface area contributed by atoms with E-state index < -0.39 is 0 Å². The molecule has 0 aromatic heterocycles. The van der Waals surface area contributed by atoms with Gasteiger partial charge in [0.05, 0.1) is 13.2 Å². The van der Waals surface area contributed by atoms with Crippen molar-refractivity contribution in [3.63, 3.8) is 0 Å². The van der Waals surface area contributed by atoms with Crippen LogP contribution >= 0.6 is 11.6 Å². The number of aliphatic hydroxyl groups excluding tert-OH is 1. The predicted octanol–water partition coefficient (Wildman–Crippen LogP) is 2.31. The number of hydrogen-bond acceptors (Lipinski definition) is 3. The first-order valence-electron chi connectivity index (χ1n) is 5.92. The molecule has 17 heavy (non-hydrogen) atoms. The smallest absolute Gasteiger partial charge is 0.123 e. The lowest BCUT2D eigenvalue weighted by molar-refractivity contribution is 0.0664. The van der Waals surface area contributed by atoms with E-state index in [0.29, 0.717) is 0 Å². The molecule has 1 heterocycles. The predicted molar refractivity (Wildman–Crippen MR) is 68.5 cm³/mol. The van der Waals surface area contributed by atoms with Gasteiger partial charge in [0.2, 0.25) is 0 Å². The van der Waals surface area contributed by atoms with Gasteiger partial charge in [0.15, 0.2) is 0 Å². The molecule has 0 radical (unpaired) electrons. The molecule has 0 saturated carbocycles. The minimum absolute atomic E-state index is 0.200. The number of piperidine rings is 1. The number of likely N-dealkylation sites (tertiary alicyclic amines) is 1. The monoisotopic (exact) mass is 255 g/mol. The minimum Gasteiger partial charge on any atom is -0.496 e. The second-order valence-electron chi connectivity index (χ2n) is 4.49. The Morgan fingerprint density at radius 3 is 3.06 bits per heavy atom. The summed E-state index contributed by atoms with van der Waals surface area (Å²) in [5.41, 5.74) is 1.08. The van der Waals surface area contributed by atoms with Crippen LogP contribution in [0.15, 0.2) is 18.2 Å². The molecule has 1 aliphatic heterocycles. The van der Waals surface area contributed by atoms with E-state index in [1.54, 1.807) is 7.11 Å². The third-order valence-corrected chi connectivity index (χ3v) is 3.35. The highest BCUT2D eigenvalue weighted by Gasteiger charge is 2.18. The van der Waals surface area contributed by atoms with Gasteiger partial charge >= 0.3 is 0 Å². The molecule has 0 spiro atoms. The SMILES string of the molecule is COc1ccc(Cl)cc1CN1CCCC(O)C1. The standard InChI is InChI=1S/C13H18ClNO2/c1-17-13-5-4-11(14)7-10(13)8-15-6-2-3-12(16)9-15/h4-5,7,12,16H,2-3,6,8-9H2,1H3. The van der Waals surface area contributed by atoms with Gasteiger partial charge in [-0.15, -0.1) is 0 Å². The molecular formula is C13H18ClNO2. The van der Waals surface area contributed by atoms with E-state index in [0.717, 1.165) is 48.8 Å². The maximum absolute atomic E-state index is 9.64. The average Bonchev–Trinajstić information content (AvgIpc) is 2.29. The molecule has 2 rings (SSSR count). The molecule has 94 valence electrons. The largest absolute Gasteiger partial charge is 0.496 e. The van der Waals surface area contributed by atoms with E-state index in [-0.39, 0.29) is 6.10 Å². The molecule has 0 amide bonds. The molecule has 1 saturated heterocycles. The van der Waals surface area contributed by atoms with Crippen LogP contribution in [0.3, 0.4) is 0 Å². The van der Waals surface area contributed by atoms with E-state index in [4.69, 9.17) is 16.3 Å². The highest BCUT2D eigenvalue weighted by Crippen LogP contribution is 2.25. The third-order valence-electron chi connectivity index (χ3n) is 3.12. The number of halogens is 1. The van der Waals surface area contributed by atoms with Crippen LogP contribution in [0.2, 0.25) is 5.02 Å². The first-order chi connectivity index (χ1) is 8.19. The van der Waals surface area contributed by atoms with E-state index in [1.807, 2.05) is 18.2 Å². The van der Waals surface area contributed by atoms with Gasteiger partial charge in [-0.1, -0.05) is 11.6 Å². The highest BCUT2D eigenvalue weighted by molar-refractivity contribution is 6.30. The van der Waals surface area contributed by atoms with E-state index >= 15 is 0 Å². The van der Waals surface area contributed by atoms with E-state index in [9.17, 15) is 5.11 Å². The summed E-state index contributed by atoms with van der Waals surface area (Å²) >= 11 is 6.00. The normalized spacial score (nSPS) is 21.5. The summed E-state index contributed by atoms with van der Waals surface area (Å²) in [5, 5.41) is 10.4. The van der Waals surface area contributed by atoms with Gasteiger partial charge in [-0.25, -0.2) is 0 Å². The lowest BCUT2D eigenvalue weighted by Gasteiger charge is -2.30. The summed E-state index contributed by atoms with van der Waals surface area (Å²) in [6.07, 6.45) is 1.75. The molecule has 1 fully saturated rings. The Hall–Kier alpha value is -0.770. The van der Waals surface area contributed by atoms with Gasteiger partial charge in [0.1, 0.15) is 5.75 Å². The fourth-order valence-corrected chi connectivity index (χ4v) is 2.48. The fraction of sp³-hybridized carbons (Fsp3) is 0.538. The Morgan fingerprint density at radius 2 is 2.35 bits per heavy atom. The van der Waals surface area contributed by atoms with Crippen molar-refractivity contribution in [3.8, 4) is 5.75 Å². The highest BCUT2D eigenvalue weighted by atomic mass is 35.5. The topological polar surface area (TPSA) is 32.7 Å². The van der Waals surface area contributed by atoms with Crippen molar-refractivity contribution in [2.24, 2.45) is 0 Å². The second kappa shape index (κ2) is 5.71. The van der Waals surface area contributed by atoms with Gasteiger partial charge in [-0.05, 0) is 37.6 Å². The molecule has 1 aromatic rings. The molecule has 1 atom stereocenters. The van der Waals surface area contributed by atoms with Crippen molar-refractivity contribution in [3.05, 3.63) is 28.8 Å². The molecule has 4 heteroatoms. The van der Waals surface area contributed by atoms with Crippen molar-refractivity contribution >= 4 is 11.6 Å². The molecule has 3 nitrogen and oxygen atoms in total. The number of benzene rings is 1. The first kappa shape index (κ1) is 12.7. The van der Waals surface area contributed by atoms with Crippen LogP contribution in [0.1, 0.15) is 18.4 Å². The molecular weight excluding hydrogens is 238 g/mol. The van der Waals surface area contributed by atoms with Gasteiger partial charge in [-0.2, -0.15) is 0 Å². The van der Waals surface area contributed by atoms with Crippen LogP contribution in [-0.4, -0.2) is 36.3 Å².